The lowest BCUT2D eigenvalue weighted by Gasteiger charge is -2.16. The van der Waals surface area contributed by atoms with Crippen LogP contribution in [0.25, 0.3) is 10.1 Å². The van der Waals surface area contributed by atoms with Gasteiger partial charge in [0, 0.05) is 15.6 Å². The minimum Gasteiger partial charge on any atom is -0.479 e. The van der Waals surface area contributed by atoms with E-state index in [1.165, 1.54) is 11.3 Å². The van der Waals surface area contributed by atoms with Gasteiger partial charge in [-0.05, 0) is 30.5 Å². The summed E-state index contributed by atoms with van der Waals surface area (Å²) in [6, 6.07) is 26.2. The highest BCUT2D eigenvalue weighted by Crippen LogP contribution is 2.40. The Bertz CT molecular complexity index is 1170. The Morgan fingerprint density at radius 2 is 1.50 bits per heavy atom. The smallest absolute Gasteiger partial charge is 0.344 e. The Hall–Kier alpha value is -3.44. The van der Waals surface area contributed by atoms with Crippen molar-refractivity contribution in [2.75, 3.05) is 0 Å². The molecule has 150 valence electrons. The molecular weight excluding hydrogens is 396 g/mol. The number of aliphatic carboxylic acids is 1. The number of aryl methyl sites for hydroxylation is 1. The molecule has 0 saturated carbocycles. The van der Waals surface area contributed by atoms with E-state index in [-0.39, 0.29) is 5.78 Å². The number of fused-ring (bicyclic) bond motifs is 1. The fourth-order valence-electron chi connectivity index (χ4n) is 3.33. The van der Waals surface area contributed by atoms with Crippen LogP contribution in [0, 0.1) is 0 Å². The maximum absolute atomic E-state index is 13.2. The second kappa shape index (κ2) is 8.93. The van der Waals surface area contributed by atoms with Crippen molar-refractivity contribution in [1.29, 1.82) is 0 Å². The SMILES string of the molecule is O=C(c1ccccc1)c1sc2ccccc2c1OC(CCc1ccccc1)C(=O)O. The summed E-state index contributed by atoms with van der Waals surface area (Å²) in [6.45, 7) is 0. The number of thiophene rings is 1. The van der Waals surface area contributed by atoms with Gasteiger partial charge in [-0.1, -0.05) is 72.8 Å². The summed E-state index contributed by atoms with van der Waals surface area (Å²) in [5.41, 5.74) is 1.59. The van der Waals surface area contributed by atoms with E-state index in [1.807, 2.05) is 60.7 Å². The average molecular weight is 416 g/mol. The molecule has 3 aromatic carbocycles. The summed E-state index contributed by atoms with van der Waals surface area (Å²) < 4.78 is 6.90. The van der Waals surface area contributed by atoms with Crippen molar-refractivity contribution in [1.82, 2.24) is 0 Å². The minimum absolute atomic E-state index is 0.168. The lowest BCUT2D eigenvalue weighted by atomic mass is 10.1. The number of carbonyl (C=O) groups is 2. The van der Waals surface area contributed by atoms with Gasteiger partial charge in [0.1, 0.15) is 10.6 Å². The summed E-state index contributed by atoms with van der Waals surface area (Å²) in [4.78, 5) is 25.5. The molecule has 0 bridgehead atoms. The molecule has 4 rings (SSSR count). The third-order valence-electron chi connectivity index (χ3n) is 4.87. The predicted octanol–water partition coefficient (Wildman–Crippen LogP) is 5.60. The zero-order valence-electron chi connectivity index (χ0n) is 16.2. The summed E-state index contributed by atoms with van der Waals surface area (Å²) in [5.74, 6) is -0.858. The van der Waals surface area contributed by atoms with Crippen LogP contribution >= 0.6 is 11.3 Å². The van der Waals surface area contributed by atoms with Crippen molar-refractivity contribution in [3.8, 4) is 5.75 Å². The Morgan fingerprint density at radius 3 is 2.20 bits per heavy atom. The molecule has 1 N–H and O–H groups in total. The molecule has 4 nitrogen and oxygen atoms in total. The third kappa shape index (κ3) is 4.26. The van der Waals surface area contributed by atoms with Gasteiger partial charge in [0.2, 0.25) is 5.78 Å². The first-order valence-electron chi connectivity index (χ1n) is 9.68. The van der Waals surface area contributed by atoms with E-state index in [4.69, 9.17) is 4.74 Å². The molecule has 1 unspecified atom stereocenters. The highest BCUT2D eigenvalue weighted by Gasteiger charge is 2.26. The van der Waals surface area contributed by atoms with E-state index in [1.54, 1.807) is 24.3 Å². The van der Waals surface area contributed by atoms with Crippen molar-refractivity contribution in [2.45, 2.75) is 18.9 Å². The summed E-state index contributed by atoms with van der Waals surface area (Å²) >= 11 is 1.33. The largest absolute Gasteiger partial charge is 0.479 e. The number of ether oxygens (including phenoxy) is 1. The summed E-state index contributed by atoms with van der Waals surface area (Å²) in [7, 11) is 0. The number of hydrogen-bond donors (Lipinski definition) is 1. The molecule has 0 amide bonds. The van der Waals surface area contributed by atoms with E-state index >= 15 is 0 Å². The first kappa shape index (κ1) is 19.9. The average Bonchev–Trinajstić information content (AvgIpc) is 3.15. The Kier molecular flexibility index (Phi) is 5.91. The van der Waals surface area contributed by atoms with Crippen LogP contribution < -0.4 is 4.74 Å². The zero-order chi connectivity index (χ0) is 20.9. The number of carboxylic acid groups (broad SMARTS) is 1. The molecule has 0 aliphatic rings. The Morgan fingerprint density at radius 1 is 0.867 bits per heavy atom. The number of ketones is 1. The maximum atomic E-state index is 13.2. The van der Waals surface area contributed by atoms with Gasteiger partial charge in [-0.3, -0.25) is 4.79 Å². The maximum Gasteiger partial charge on any atom is 0.344 e. The normalized spacial score (nSPS) is 11.9. The molecule has 4 aromatic rings. The lowest BCUT2D eigenvalue weighted by Crippen LogP contribution is -2.28. The number of carboxylic acids is 1. The molecule has 0 spiro atoms. The predicted molar refractivity (Wildman–Crippen MR) is 119 cm³/mol. The Labute approximate surface area is 178 Å². The van der Waals surface area contributed by atoms with E-state index in [2.05, 4.69) is 0 Å². The standard InChI is InChI=1S/C25H20O4S/c26-22(18-11-5-2-6-12-18)24-23(19-13-7-8-14-21(19)30-24)29-20(25(27)28)16-15-17-9-3-1-4-10-17/h1-14,20H,15-16H2,(H,27,28). The van der Waals surface area contributed by atoms with Crippen molar-refractivity contribution in [3.05, 3.63) is 101 Å². The van der Waals surface area contributed by atoms with Gasteiger partial charge >= 0.3 is 5.97 Å². The van der Waals surface area contributed by atoms with Crippen LogP contribution in [0.3, 0.4) is 0 Å². The first-order valence-corrected chi connectivity index (χ1v) is 10.5. The first-order chi connectivity index (χ1) is 14.6. The van der Waals surface area contributed by atoms with Crippen LogP contribution in [0.1, 0.15) is 27.2 Å². The summed E-state index contributed by atoms with van der Waals surface area (Å²) in [6.07, 6.45) is -0.171. The molecule has 1 heterocycles. The third-order valence-corrected chi connectivity index (χ3v) is 6.02. The molecule has 0 aliphatic heterocycles. The number of carbonyl (C=O) groups excluding carboxylic acids is 1. The van der Waals surface area contributed by atoms with Gasteiger partial charge in [0.15, 0.2) is 6.10 Å². The number of rotatable bonds is 8. The van der Waals surface area contributed by atoms with Crippen LogP contribution in [-0.4, -0.2) is 23.0 Å². The van der Waals surface area contributed by atoms with Gasteiger partial charge in [-0.25, -0.2) is 4.79 Å². The molecule has 0 radical (unpaired) electrons. The molecule has 0 aliphatic carbocycles. The van der Waals surface area contributed by atoms with E-state index in [0.29, 0.717) is 29.0 Å². The van der Waals surface area contributed by atoms with Crippen molar-refractivity contribution >= 4 is 33.2 Å². The Balaban J connectivity index is 1.67. The molecular formula is C25H20O4S. The van der Waals surface area contributed by atoms with Crippen LogP contribution in [-0.2, 0) is 11.2 Å². The van der Waals surface area contributed by atoms with Gasteiger partial charge < -0.3 is 9.84 Å². The highest BCUT2D eigenvalue weighted by atomic mass is 32.1. The minimum atomic E-state index is -1.05. The second-order valence-electron chi connectivity index (χ2n) is 6.92. The fourth-order valence-corrected chi connectivity index (χ4v) is 4.42. The van der Waals surface area contributed by atoms with E-state index < -0.39 is 12.1 Å². The monoisotopic (exact) mass is 416 g/mol. The number of hydrogen-bond acceptors (Lipinski definition) is 4. The zero-order valence-corrected chi connectivity index (χ0v) is 17.0. The highest BCUT2D eigenvalue weighted by molar-refractivity contribution is 7.21. The molecule has 30 heavy (non-hydrogen) atoms. The molecule has 5 heteroatoms. The van der Waals surface area contributed by atoms with E-state index in [9.17, 15) is 14.7 Å². The number of benzene rings is 3. The van der Waals surface area contributed by atoms with Crippen LogP contribution in [0.4, 0.5) is 0 Å². The molecule has 1 aromatic heterocycles. The van der Waals surface area contributed by atoms with Crippen LogP contribution in [0.2, 0.25) is 0 Å². The topological polar surface area (TPSA) is 63.6 Å². The molecule has 0 saturated heterocycles. The van der Waals surface area contributed by atoms with Gasteiger partial charge in [0.05, 0.1) is 0 Å². The van der Waals surface area contributed by atoms with Gasteiger partial charge in [-0.15, -0.1) is 11.3 Å². The summed E-state index contributed by atoms with van der Waals surface area (Å²) in [5, 5.41) is 10.5. The second-order valence-corrected chi connectivity index (χ2v) is 7.97. The molecule has 1 atom stereocenters. The van der Waals surface area contributed by atoms with Gasteiger partial charge in [0.25, 0.3) is 0 Å². The van der Waals surface area contributed by atoms with Crippen LogP contribution in [0.5, 0.6) is 5.75 Å². The van der Waals surface area contributed by atoms with Crippen molar-refractivity contribution in [2.24, 2.45) is 0 Å². The van der Waals surface area contributed by atoms with Crippen LogP contribution in [0.15, 0.2) is 84.9 Å². The lowest BCUT2D eigenvalue weighted by molar-refractivity contribution is -0.145. The molecule has 0 fully saturated rings. The van der Waals surface area contributed by atoms with Crippen molar-refractivity contribution < 1.29 is 19.4 Å². The van der Waals surface area contributed by atoms with Crippen molar-refractivity contribution in [3.63, 3.8) is 0 Å². The fraction of sp³-hybridized carbons (Fsp3) is 0.120. The quantitative estimate of drug-likeness (QED) is 0.380. The van der Waals surface area contributed by atoms with Gasteiger partial charge in [-0.2, -0.15) is 0 Å². The van der Waals surface area contributed by atoms with E-state index in [0.717, 1.165) is 15.6 Å².